The Morgan fingerprint density at radius 2 is 1.81 bits per heavy atom. The number of aromatic amines is 1. The minimum atomic E-state index is -0.812. The SMILES string of the molecule is Cc1nc(N2CC3CN(c4ncnc5ncn(C)c45)CC3C2)[nH]c(=O)c1F. The molecule has 0 aromatic carbocycles. The van der Waals surface area contributed by atoms with E-state index in [1.54, 1.807) is 12.7 Å². The van der Waals surface area contributed by atoms with Gasteiger partial charge in [0.25, 0.3) is 5.56 Å². The molecule has 3 aromatic heterocycles. The predicted molar refractivity (Wildman–Crippen MR) is 97.3 cm³/mol. The van der Waals surface area contributed by atoms with E-state index in [4.69, 9.17) is 0 Å². The predicted octanol–water partition coefficient (Wildman–Crippen LogP) is 0.467. The lowest BCUT2D eigenvalue weighted by molar-refractivity contribution is 0.533. The maximum Gasteiger partial charge on any atom is 0.288 e. The number of anilines is 2. The van der Waals surface area contributed by atoms with Crippen molar-refractivity contribution in [3.8, 4) is 0 Å². The number of imidazole rings is 1. The van der Waals surface area contributed by atoms with Gasteiger partial charge in [-0.15, -0.1) is 0 Å². The van der Waals surface area contributed by atoms with E-state index in [1.165, 1.54) is 6.92 Å². The van der Waals surface area contributed by atoms with Gasteiger partial charge >= 0.3 is 0 Å². The van der Waals surface area contributed by atoms with Gasteiger partial charge in [0, 0.05) is 45.1 Å². The van der Waals surface area contributed by atoms with Gasteiger partial charge in [-0.1, -0.05) is 0 Å². The minimum absolute atomic E-state index is 0.132. The maximum atomic E-state index is 13.6. The van der Waals surface area contributed by atoms with Crippen LogP contribution in [0.3, 0.4) is 0 Å². The van der Waals surface area contributed by atoms with Crippen molar-refractivity contribution in [2.24, 2.45) is 18.9 Å². The summed E-state index contributed by atoms with van der Waals surface area (Å²) in [6.45, 7) is 4.79. The molecule has 2 aliphatic heterocycles. The largest absolute Gasteiger partial charge is 0.354 e. The fourth-order valence-electron chi connectivity index (χ4n) is 4.25. The molecule has 3 aromatic rings. The summed E-state index contributed by atoms with van der Waals surface area (Å²) in [5, 5.41) is 0. The highest BCUT2D eigenvalue weighted by atomic mass is 19.1. The molecule has 5 heterocycles. The van der Waals surface area contributed by atoms with Crippen LogP contribution in [0.15, 0.2) is 17.4 Å². The van der Waals surface area contributed by atoms with Gasteiger partial charge in [0.1, 0.15) is 11.8 Å². The van der Waals surface area contributed by atoms with Gasteiger partial charge in [-0.05, 0) is 6.92 Å². The molecule has 0 radical (unpaired) electrons. The first-order valence-corrected chi connectivity index (χ1v) is 8.89. The Balaban J connectivity index is 1.38. The molecule has 0 spiro atoms. The summed E-state index contributed by atoms with van der Waals surface area (Å²) in [5.41, 5.74) is 1.06. The average molecular weight is 370 g/mol. The molecule has 2 saturated heterocycles. The Kier molecular flexibility index (Phi) is 3.43. The quantitative estimate of drug-likeness (QED) is 0.700. The molecule has 10 heteroatoms. The molecule has 27 heavy (non-hydrogen) atoms. The number of aryl methyl sites for hydroxylation is 2. The molecule has 9 nitrogen and oxygen atoms in total. The number of aromatic nitrogens is 6. The zero-order valence-corrected chi connectivity index (χ0v) is 15.1. The maximum absolute atomic E-state index is 13.6. The van der Waals surface area contributed by atoms with Crippen molar-refractivity contribution in [3.05, 3.63) is 34.5 Å². The Bertz CT molecular complexity index is 1080. The standard InChI is InChI=1S/C17H19FN8O/c1-9-12(18)16(27)23-17(22-9)26-5-10-3-25(4-11(10)6-26)15-13-14(19-7-20-15)21-8-24(13)2/h7-8,10-11H,3-6H2,1-2H3,(H,22,23,27). The summed E-state index contributed by atoms with van der Waals surface area (Å²) in [6.07, 6.45) is 3.31. The van der Waals surface area contributed by atoms with Gasteiger partial charge in [-0.2, -0.15) is 4.39 Å². The van der Waals surface area contributed by atoms with Crippen LogP contribution < -0.4 is 15.4 Å². The van der Waals surface area contributed by atoms with Crippen molar-refractivity contribution >= 4 is 22.9 Å². The second-order valence-corrected chi connectivity index (χ2v) is 7.34. The van der Waals surface area contributed by atoms with E-state index in [-0.39, 0.29) is 5.69 Å². The summed E-state index contributed by atoms with van der Waals surface area (Å²) in [4.78, 5) is 35.8. The molecule has 1 N–H and O–H groups in total. The average Bonchev–Trinajstić information content (AvgIpc) is 3.32. The normalized spacial score (nSPS) is 22.0. The van der Waals surface area contributed by atoms with Crippen molar-refractivity contribution in [3.63, 3.8) is 0 Å². The summed E-state index contributed by atoms with van der Waals surface area (Å²) >= 11 is 0. The van der Waals surface area contributed by atoms with E-state index in [1.807, 2.05) is 16.5 Å². The Hall–Kier alpha value is -3.04. The van der Waals surface area contributed by atoms with Crippen molar-refractivity contribution in [1.29, 1.82) is 0 Å². The zero-order valence-electron chi connectivity index (χ0n) is 15.1. The van der Waals surface area contributed by atoms with E-state index in [0.29, 0.717) is 23.4 Å². The van der Waals surface area contributed by atoms with Crippen molar-refractivity contribution in [2.75, 3.05) is 36.0 Å². The van der Waals surface area contributed by atoms with Crippen LogP contribution >= 0.6 is 0 Å². The van der Waals surface area contributed by atoms with E-state index < -0.39 is 11.4 Å². The lowest BCUT2D eigenvalue weighted by Gasteiger charge is -2.23. The number of hydrogen-bond acceptors (Lipinski definition) is 7. The lowest BCUT2D eigenvalue weighted by Crippen LogP contribution is -2.32. The molecule has 0 amide bonds. The minimum Gasteiger partial charge on any atom is -0.354 e. The van der Waals surface area contributed by atoms with Crippen molar-refractivity contribution < 1.29 is 4.39 Å². The third-order valence-corrected chi connectivity index (χ3v) is 5.59. The van der Waals surface area contributed by atoms with Crippen LogP contribution in [0.25, 0.3) is 11.2 Å². The van der Waals surface area contributed by atoms with Crippen LogP contribution in [0, 0.1) is 24.6 Å². The summed E-state index contributed by atoms with van der Waals surface area (Å²) in [6, 6.07) is 0. The molecule has 2 unspecified atom stereocenters. The van der Waals surface area contributed by atoms with Crippen LogP contribution in [0.4, 0.5) is 16.2 Å². The van der Waals surface area contributed by atoms with Crippen molar-refractivity contribution in [2.45, 2.75) is 6.92 Å². The number of nitrogens with one attached hydrogen (secondary N) is 1. The Morgan fingerprint density at radius 1 is 1.11 bits per heavy atom. The molecule has 2 fully saturated rings. The van der Waals surface area contributed by atoms with Gasteiger partial charge in [-0.3, -0.25) is 9.78 Å². The highest BCUT2D eigenvalue weighted by molar-refractivity contribution is 5.83. The highest BCUT2D eigenvalue weighted by Crippen LogP contribution is 2.36. The monoisotopic (exact) mass is 370 g/mol. The molecule has 0 saturated carbocycles. The van der Waals surface area contributed by atoms with E-state index in [9.17, 15) is 9.18 Å². The van der Waals surface area contributed by atoms with E-state index >= 15 is 0 Å². The van der Waals surface area contributed by atoms with E-state index in [2.05, 4.69) is 29.8 Å². The van der Waals surface area contributed by atoms with Crippen LogP contribution in [0.5, 0.6) is 0 Å². The van der Waals surface area contributed by atoms with Crippen LogP contribution in [-0.2, 0) is 7.05 Å². The van der Waals surface area contributed by atoms with Gasteiger partial charge in [0.05, 0.1) is 12.0 Å². The van der Waals surface area contributed by atoms with Gasteiger partial charge in [-0.25, -0.2) is 19.9 Å². The molecule has 2 aliphatic rings. The second-order valence-electron chi connectivity index (χ2n) is 7.34. The fourth-order valence-corrected chi connectivity index (χ4v) is 4.25. The number of hydrogen-bond donors (Lipinski definition) is 1. The first-order valence-electron chi connectivity index (χ1n) is 8.89. The van der Waals surface area contributed by atoms with Crippen LogP contribution in [-0.4, -0.2) is 55.7 Å². The van der Waals surface area contributed by atoms with E-state index in [0.717, 1.165) is 37.5 Å². The smallest absolute Gasteiger partial charge is 0.288 e. The van der Waals surface area contributed by atoms with Crippen LogP contribution in [0.1, 0.15) is 5.69 Å². The van der Waals surface area contributed by atoms with Gasteiger partial charge < -0.3 is 14.4 Å². The zero-order chi connectivity index (χ0) is 18.7. The Labute approximate surface area is 153 Å². The topological polar surface area (TPSA) is 95.8 Å². The molecule has 2 atom stereocenters. The summed E-state index contributed by atoms with van der Waals surface area (Å²) in [5.74, 6) is 1.41. The Morgan fingerprint density at radius 3 is 2.52 bits per heavy atom. The number of H-pyrrole nitrogens is 1. The van der Waals surface area contributed by atoms with Crippen LogP contribution in [0.2, 0.25) is 0 Å². The number of nitrogens with zero attached hydrogens (tertiary/aromatic N) is 7. The molecular formula is C17H19FN8O. The molecule has 5 rings (SSSR count). The molecular weight excluding hydrogens is 351 g/mol. The number of rotatable bonds is 2. The summed E-state index contributed by atoms with van der Waals surface area (Å²) in [7, 11) is 1.94. The third kappa shape index (κ3) is 2.47. The summed E-state index contributed by atoms with van der Waals surface area (Å²) < 4.78 is 15.5. The molecule has 0 aliphatic carbocycles. The van der Waals surface area contributed by atoms with Gasteiger partial charge in [0.15, 0.2) is 11.5 Å². The lowest BCUT2D eigenvalue weighted by atomic mass is 10.0. The van der Waals surface area contributed by atoms with Crippen molar-refractivity contribution in [1.82, 2.24) is 29.5 Å². The highest BCUT2D eigenvalue weighted by Gasteiger charge is 2.42. The number of fused-ring (bicyclic) bond motifs is 2. The molecule has 140 valence electrons. The first-order chi connectivity index (χ1) is 13.0. The fraction of sp³-hybridized carbons (Fsp3) is 0.471. The number of halogens is 1. The second kappa shape index (κ2) is 5.73. The molecule has 0 bridgehead atoms. The van der Waals surface area contributed by atoms with Gasteiger partial charge in [0.2, 0.25) is 11.8 Å². The third-order valence-electron chi connectivity index (χ3n) is 5.59. The first kappa shape index (κ1) is 16.2.